The summed E-state index contributed by atoms with van der Waals surface area (Å²) >= 11 is 5.75. The van der Waals surface area contributed by atoms with Crippen LogP contribution in [-0.4, -0.2) is 39.4 Å². The van der Waals surface area contributed by atoms with Crippen molar-refractivity contribution in [2.75, 3.05) is 26.7 Å². The zero-order valence-electron chi connectivity index (χ0n) is 11.0. The van der Waals surface area contributed by atoms with Gasteiger partial charge >= 0.3 is 0 Å². The standard InChI is InChI=1S/C12H16ClFN2O2S.ClH/c1-15-7-9-4-5-16(8-9)19(17,18)12-6-10(13)2-3-11(12)14;/h2-3,6,9,15H,4-5,7-8H2,1H3;1H. The van der Waals surface area contributed by atoms with E-state index in [9.17, 15) is 12.8 Å². The fourth-order valence-corrected chi connectivity index (χ4v) is 4.14. The Morgan fingerprint density at radius 1 is 1.50 bits per heavy atom. The van der Waals surface area contributed by atoms with Gasteiger partial charge in [0, 0.05) is 18.1 Å². The van der Waals surface area contributed by atoms with E-state index in [0.717, 1.165) is 25.1 Å². The van der Waals surface area contributed by atoms with E-state index in [1.54, 1.807) is 0 Å². The summed E-state index contributed by atoms with van der Waals surface area (Å²) < 4.78 is 39.7. The molecule has 1 fully saturated rings. The van der Waals surface area contributed by atoms with E-state index in [-0.39, 0.29) is 28.2 Å². The Morgan fingerprint density at radius 2 is 2.20 bits per heavy atom. The Bertz CT molecular complexity index is 569. The number of nitrogens with zero attached hydrogens (tertiary/aromatic N) is 1. The maximum absolute atomic E-state index is 13.7. The molecule has 114 valence electrons. The van der Waals surface area contributed by atoms with E-state index in [1.807, 2.05) is 7.05 Å². The van der Waals surface area contributed by atoms with Crippen LogP contribution in [0.4, 0.5) is 4.39 Å². The fraction of sp³-hybridized carbons (Fsp3) is 0.500. The molecule has 0 aromatic heterocycles. The number of rotatable bonds is 4. The van der Waals surface area contributed by atoms with Crippen LogP contribution >= 0.6 is 24.0 Å². The predicted molar refractivity (Wildman–Crippen MR) is 79.5 cm³/mol. The van der Waals surface area contributed by atoms with Crippen LogP contribution in [0, 0.1) is 11.7 Å². The second-order valence-corrected chi connectivity index (χ2v) is 6.99. The van der Waals surface area contributed by atoms with Gasteiger partial charge in [-0.2, -0.15) is 4.31 Å². The number of benzene rings is 1. The quantitative estimate of drug-likeness (QED) is 0.911. The van der Waals surface area contributed by atoms with E-state index >= 15 is 0 Å². The molecule has 2 rings (SSSR count). The van der Waals surface area contributed by atoms with Gasteiger partial charge in [-0.1, -0.05) is 11.6 Å². The highest BCUT2D eigenvalue weighted by Gasteiger charge is 2.33. The molecule has 1 aromatic carbocycles. The molecule has 1 N–H and O–H groups in total. The van der Waals surface area contributed by atoms with Gasteiger partial charge < -0.3 is 5.32 Å². The van der Waals surface area contributed by atoms with E-state index in [0.29, 0.717) is 13.1 Å². The van der Waals surface area contributed by atoms with Crippen molar-refractivity contribution in [1.29, 1.82) is 0 Å². The summed E-state index contributed by atoms with van der Waals surface area (Å²) in [6.07, 6.45) is 0.780. The van der Waals surface area contributed by atoms with Gasteiger partial charge in [-0.3, -0.25) is 0 Å². The molecule has 0 saturated carbocycles. The lowest BCUT2D eigenvalue weighted by molar-refractivity contribution is 0.446. The van der Waals surface area contributed by atoms with Crippen molar-refractivity contribution in [1.82, 2.24) is 9.62 Å². The molecule has 1 saturated heterocycles. The molecule has 0 amide bonds. The molecule has 1 unspecified atom stereocenters. The average molecular weight is 343 g/mol. The number of hydrogen-bond donors (Lipinski definition) is 1. The monoisotopic (exact) mass is 342 g/mol. The van der Waals surface area contributed by atoms with Crippen molar-refractivity contribution in [3.05, 3.63) is 29.0 Å². The second-order valence-electron chi connectivity index (χ2n) is 4.65. The first-order chi connectivity index (χ1) is 8.95. The number of nitrogens with one attached hydrogen (secondary N) is 1. The minimum atomic E-state index is -3.80. The lowest BCUT2D eigenvalue weighted by Gasteiger charge is -2.17. The molecular weight excluding hydrogens is 326 g/mol. The minimum Gasteiger partial charge on any atom is -0.319 e. The van der Waals surface area contributed by atoms with Crippen LogP contribution in [0.2, 0.25) is 5.02 Å². The van der Waals surface area contributed by atoms with E-state index in [2.05, 4.69) is 5.32 Å². The summed E-state index contributed by atoms with van der Waals surface area (Å²) in [5, 5.41) is 3.24. The summed E-state index contributed by atoms with van der Waals surface area (Å²) in [4.78, 5) is -0.342. The molecule has 1 aromatic rings. The van der Waals surface area contributed by atoms with Gasteiger partial charge in [-0.15, -0.1) is 12.4 Å². The summed E-state index contributed by atoms with van der Waals surface area (Å²) in [6, 6.07) is 3.58. The number of halogens is 3. The molecule has 20 heavy (non-hydrogen) atoms. The van der Waals surface area contributed by atoms with Crippen molar-refractivity contribution in [2.45, 2.75) is 11.3 Å². The smallest absolute Gasteiger partial charge is 0.246 e. The Hall–Kier alpha value is -0.400. The van der Waals surface area contributed by atoms with E-state index < -0.39 is 15.8 Å². The molecule has 0 spiro atoms. The summed E-state index contributed by atoms with van der Waals surface area (Å²) in [7, 11) is -1.97. The van der Waals surface area contributed by atoms with Gasteiger partial charge in [0.15, 0.2) is 0 Å². The molecule has 1 heterocycles. The maximum atomic E-state index is 13.7. The topological polar surface area (TPSA) is 49.4 Å². The van der Waals surface area contributed by atoms with Crippen LogP contribution in [0.25, 0.3) is 0 Å². The Kier molecular flexibility index (Phi) is 6.22. The van der Waals surface area contributed by atoms with Crippen molar-refractivity contribution in [3.8, 4) is 0 Å². The molecule has 8 heteroatoms. The lowest BCUT2D eigenvalue weighted by atomic mass is 10.1. The van der Waals surface area contributed by atoms with Crippen LogP contribution in [-0.2, 0) is 10.0 Å². The Labute approximate surface area is 129 Å². The van der Waals surface area contributed by atoms with Crippen LogP contribution in [0.15, 0.2) is 23.1 Å². The molecule has 0 bridgehead atoms. The highest BCUT2D eigenvalue weighted by molar-refractivity contribution is 7.89. The van der Waals surface area contributed by atoms with Crippen molar-refractivity contribution in [3.63, 3.8) is 0 Å². The normalized spacial score (nSPS) is 19.9. The minimum absolute atomic E-state index is 0. The highest BCUT2D eigenvalue weighted by Crippen LogP contribution is 2.27. The van der Waals surface area contributed by atoms with Gasteiger partial charge in [0.2, 0.25) is 10.0 Å². The predicted octanol–water partition coefficient (Wildman–Crippen LogP) is 2.13. The van der Waals surface area contributed by atoms with Crippen LogP contribution < -0.4 is 5.32 Å². The summed E-state index contributed by atoms with van der Waals surface area (Å²) in [5.74, 6) is -0.497. The van der Waals surface area contributed by atoms with Crippen LogP contribution in [0.5, 0.6) is 0 Å². The van der Waals surface area contributed by atoms with Crippen molar-refractivity contribution < 1.29 is 12.8 Å². The first-order valence-electron chi connectivity index (χ1n) is 6.05. The highest BCUT2D eigenvalue weighted by atomic mass is 35.5. The zero-order valence-corrected chi connectivity index (χ0v) is 13.4. The average Bonchev–Trinajstić information content (AvgIpc) is 2.82. The largest absolute Gasteiger partial charge is 0.319 e. The molecule has 0 aliphatic carbocycles. The van der Waals surface area contributed by atoms with Crippen molar-refractivity contribution >= 4 is 34.0 Å². The molecular formula is C12H17Cl2FN2O2S. The zero-order chi connectivity index (χ0) is 14.0. The molecule has 1 atom stereocenters. The summed E-state index contributed by atoms with van der Waals surface area (Å²) in [5.41, 5.74) is 0. The number of sulfonamides is 1. The van der Waals surface area contributed by atoms with Crippen molar-refractivity contribution in [2.24, 2.45) is 5.92 Å². The molecule has 4 nitrogen and oxygen atoms in total. The second kappa shape index (κ2) is 7.04. The third-order valence-electron chi connectivity index (χ3n) is 3.25. The van der Waals surface area contributed by atoms with Gasteiger partial charge in [0.05, 0.1) is 0 Å². The van der Waals surface area contributed by atoms with Gasteiger partial charge in [0.25, 0.3) is 0 Å². The summed E-state index contributed by atoms with van der Waals surface area (Å²) in [6.45, 7) is 1.58. The van der Waals surface area contributed by atoms with Crippen LogP contribution in [0.3, 0.4) is 0 Å². The van der Waals surface area contributed by atoms with E-state index in [4.69, 9.17) is 11.6 Å². The first kappa shape index (κ1) is 17.7. The lowest BCUT2D eigenvalue weighted by Crippen LogP contribution is -2.31. The maximum Gasteiger partial charge on any atom is 0.246 e. The first-order valence-corrected chi connectivity index (χ1v) is 7.86. The third-order valence-corrected chi connectivity index (χ3v) is 5.37. The fourth-order valence-electron chi connectivity index (χ4n) is 2.28. The van der Waals surface area contributed by atoms with Gasteiger partial charge in [-0.25, -0.2) is 12.8 Å². The Balaban J connectivity index is 0.00000200. The molecule has 1 aliphatic rings. The van der Waals surface area contributed by atoms with E-state index in [1.165, 1.54) is 10.4 Å². The Morgan fingerprint density at radius 3 is 2.85 bits per heavy atom. The van der Waals surface area contributed by atoms with Crippen LogP contribution in [0.1, 0.15) is 6.42 Å². The van der Waals surface area contributed by atoms with Gasteiger partial charge in [-0.05, 0) is 44.1 Å². The SMILES string of the molecule is CNCC1CCN(S(=O)(=O)c2cc(Cl)ccc2F)C1.Cl. The molecule has 1 aliphatic heterocycles. The number of hydrogen-bond acceptors (Lipinski definition) is 3. The third kappa shape index (κ3) is 3.62. The van der Waals surface area contributed by atoms with Gasteiger partial charge in [0.1, 0.15) is 10.7 Å². The molecule has 0 radical (unpaired) electrons.